The monoisotopic (exact) mass is 518 g/mol. The second kappa shape index (κ2) is 11.3. The number of carbonyl (C=O) groups excluding carboxylic acids is 1. The lowest BCUT2D eigenvalue weighted by molar-refractivity contribution is -0.120. The van der Waals surface area contributed by atoms with Crippen molar-refractivity contribution in [3.05, 3.63) is 77.3 Å². The van der Waals surface area contributed by atoms with Crippen LogP contribution in [0.1, 0.15) is 18.5 Å². The molecular weight excluding hydrogens is 492 g/mol. The molecule has 0 aliphatic carbocycles. The van der Waals surface area contributed by atoms with Gasteiger partial charge in [-0.3, -0.25) is 9.10 Å². The number of rotatable bonds is 10. The first kappa shape index (κ1) is 26.2. The normalized spacial score (nSPS) is 11.9. The first-order valence-corrected chi connectivity index (χ1v) is 12.4. The minimum Gasteiger partial charge on any atom is -0.497 e. The number of sulfonamides is 1. The maximum atomic E-state index is 13.5. The molecule has 0 radical (unpaired) electrons. The summed E-state index contributed by atoms with van der Waals surface area (Å²) >= 11 is 6.12. The molecule has 35 heavy (non-hydrogen) atoms. The Bertz CT molecular complexity index is 1280. The summed E-state index contributed by atoms with van der Waals surface area (Å²) < 4.78 is 43.8. The minimum absolute atomic E-state index is 0.0130. The maximum absolute atomic E-state index is 13.5. The average molecular weight is 519 g/mol. The molecule has 0 saturated heterocycles. The van der Waals surface area contributed by atoms with E-state index in [-0.39, 0.29) is 10.6 Å². The summed E-state index contributed by atoms with van der Waals surface area (Å²) in [7, 11) is 0.466. The lowest BCUT2D eigenvalue weighted by atomic mass is 10.1. The SMILES string of the molecule is COc1ccc(S(=O)(=O)N(CC(=O)N[C@H](C)c2ccc(OC)c(OC)c2)c2cccc(Cl)c2)cc1. The first-order valence-electron chi connectivity index (χ1n) is 10.6. The number of amides is 1. The third kappa shape index (κ3) is 6.17. The Balaban J connectivity index is 1.88. The summed E-state index contributed by atoms with van der Waals surface area (Å²) in [4.78, 5) is 13.0. The smallest absolute Gasteiger partial charge is 0.264 e. The number of methoxy groups -OCH3 is 3. The number of nitrogens with zero attached hydrogens (tertiary/aromatic N) is 1. The fourth-order valence-corrected chi connectivity index (χ4v) is 5.04. The molecule has 8 nitrogen and oxygen atoms in total. The van der Waals surface area contributed by atoms with Gasteiger partial charge in [-0.05, 0) is 67.1 Å². The van der Waals surface area contributed by atoms with E-state index in [9.17, 15) is 13.2 Å². The molecule has 0 bridgehead atoms. The summed E-state index contributed by atoms with van der Waals surface area (Å²) in [5, 5.41) is 3.19. The summed E-state index contributed by atoms with van der Waals surface area (Å²) in [6.07, 6.45) is 0. The Kier molecular flexibility index (Phi) is 8.48. The highest BCUT2D eigenvalue weighted by atomic mass is 35.5. The van der Waals surface area contributed by atoms with Gasteiger partial charge in [0.25, 0.3) is 10.0 Å². The van der Waals surface area contributed by atoms with Gasteiger partial charge >= 0.3 is 0 Å². The van der Waals surface area contributed by atoms with E-state index in [2.05, 4.69) is 5.32 Å². The maximum Gasteiger partial charge on any atom is 0.264 e. The molecule has 0 aromatic heterocycles. The minimum atomic E-state index is -4.09. The topological polar surface area (TPSA) is 94.2 Å². The Labute approximate surface area is 210 Å². The van der Waals surface area contributed by atoms with Crippen LogP contribution in [0.15, 0.2) is 71.6 Å². The molecule has 0 aliphatic rings. The van der Waals surface area contributed by atoms with Crippen LogP contribution < -0.4 is 23.8 Å². The Morgan fingerprint density at radius 1 is 0.943 bits per heavy atom. The molecular formula is C25H27ClN2O6S. The molecule has 3 aromatic carbocycles. The highest BCUT2D eigenvalue weighted by Crippen LogP contribution is 2.30. The second-order valence-electron chi connectivity index (χ2n) is 7.57. The van der Waals surface area contributed by atoms with Gasteiger partial charge in [-0.1, -0.05) is 23.7 Å². The van der Waals surface area contributed by atoms with Crippen molar-refractivity contribution in [3.63, 3.8) is 0 Å². The molecule has 1 amide bonds. The number of hydrogen-bond donors (Lipinski definition) is 1. The molecule has 3 rings (SSSR count). The zero-order valence-corrected chi connectivity index (χ0v) is 21.4. The standard InChI is InChI=1S/C25H27ClN2O6S/c1-17(18-8-13-23(33-3)24(14-18)34-4)27-25(29)16-28(20-7-5-6-19(26)15-20)35(30,31)22-11-9-21(32-2)10-12-22/h5-15,17H,16H2,1-4H3,(H,27,29)/t17-/m1/s1. The van der Waals surface area contributed by atoms with E-state index in [1.807, 2.05) is 0 Å². The van der Waals surface area contributed by atoms with E-state index < -0.39 is 28.5 Å². The number of carbonyl (C=O) groups is 1. The van der Waals surface area contributed by atoms with Crippen LogP contribution in [0.4, 0.5) is 5.69 Å². The van der Waals surface area contributed by atoms with Gasteiger partial charge in [-0.15, -0.1) is 0 Å². The van der Waals surface area contributed by atoms with Crippen LogP contribution in [0.3, 0.4) is 0 Å². The van der Waals surface area contributed by atoms with Gasteiger partial charge in [-0.25, -0.2) is 8.42 Å². The predicted octanol–water partition coefficient (Wildman–Crippen LogP) is 4.44. The lowest BCUT2D eigenvalue weighted by Crippen LogP contribution is -2.41. The fourth-order valence-electron chi connectivity index (χ4n) is 3.44. The quantitative estimate of drug-likeness (QED) is 0.426. The van der Waals surface area contributed by atoms with Gasteiger partial charge in [0.2, 0.25) is 5.91 Å². The van der Waals surface area contributed by atoms with Gasteiger partial charge in [0, 0.05) is 5.02 Å². The van der Waals surface area contributed by atoms with E-state index >= 15 is 0 Å². The number of anilines is 1. The van der Waals surface area contributed by atoms with Gasteiger partial charge in [0.15, 0.2) is 11.5 Å². The van der Waals surface area contributed by atoms with E-state index in [0.29, 0.717) is 22.3 Å². The molecule has 3 aromatic rings. The summed E-state index contributed by atoms with van der Waals surface area (Å²) in [5.41, 5.74) is 1.03. The highest BCUT2D eigenvalue weighted by Gasteiger charge is 2.28. The number of benzene rings is 3. The average Bonchev–Trinajstić information content (AvgIpc) is 2.86. The largest absolute Gasteiger partial charge is 0.497 e. The number of nitrogens with one attached hydrogen (secondary N) is 1. The number of halogens is 1. The van der Waals surface area contributed by atoms with Crippen LogP contribution in [0, 0.1) is 0 Å². The predicted molar refractivity (Wildman–Crippen MR) is 135 cm³/mol. The van der Waals surface area contributed by atoms with Crippen molar-refractivity contribution >= 4 is 33.2 Å². The van der Waals surface area contributed by atoms with Crippen LogP contribution in [0.25, 0.3) is 0 Å². The molecule has 186 valence electrons. The van der Waals surface area contributed by atoms with Gasteiger partial charge in [-0.2, -0.15) is 0 Å². The van der Waals surface area contributed by atoms with Crippen molar-refractivity contribution in [2.24, 2.45) is 0 Å². The molecule has 1 atom stereocenters. The van der Waals surface area contributed by atoms with Crippen molar-refractivity contribution in [3.8, 4) is 17.2 Å². The summed E-state index contributed by atoms with van der Waals surface area (Å²) in [6.45, 7) is 1.34. The lowest BCUT2D eigenvalue weighted by Gasteiger charge is -2.25. The van der Waals surface area contributed by atoms with Crippen molar-refractivity contribution in [1.29, 1.82) is 0 Å². The van der Waals surface area contributed by atoms with Crippen LogP contribution in [-0.2, 0) is 14.8 Å². The van der Waals surface area contributed by atoms with E-state index in [1.165, 1.54) is 39.5 Å². The van der Waals surface area contributed by atoms with Crippen LogP contribution in [0.5, 0.6) is 17.2 Å². The second-order valence-corrected chi connectivity index (χ2v) is 9.87. The van der Waals surface area contributed by atoms with E-state index in [1.54, 1.807) is 55.5 Å². The number of ether oxygens (including phenoxy) is 3. The molecule has 0 fully saturated rings. The molecule has 0 aliphatic heterocycles. The van der Waals surface area contributed by atoms with Crippen molar-refractivity contribution in [2.45, 2.75) is 17.9 Å². The fraction of sp³-hybridized carbons (Fsp3) is 0.240. The Morgan fingerprint density at radius 2 is 1.63 bits per heavy atom. The molecule has 0 saturated carbocycles. The third-order valence-electron chi connectivity index (χ3n) is 5.32. The van der Waals surface area contributed by atoms with Crippen LogP contribution in [0.2, 0.25) is 5.02 Å². The van der Waals surface area contributed by atoms with Gasteiger partial charge < -0.3 is 19.5 Å². The molecule has 0 spiro atoms. The summed E-state index contributed by atoms with van der Waals surface area (Å²) in [5.74, 6) is 1.10. The highest BCUT2D eigenvalue weighted by molar-refractivity contribution is 7.92. The van der Waals surface area contributed by atoms with Crippen molar-refractivity contribution < 1.29 is 27.4 Å². The third-order valence-corrected chi connectivity index (χ3v) is 7.34. The van der Waals surface area contributed by atoms with Crippen LogP contribution >= 0.6 is 11.6 Å². The Hall–Kier alpha value is -3.43. The zero-order valence-electron chi connectivity index (χ0n) is 19.8. The van der Waals surface area contributed by atoms with E-state index in [0.717, 1.165) is 9.87 Å². The molecule has 1 N–H and O–H groups in total. The zero-order chi connectivity index (χ0) is 25.6. The molecule has 0 heterocycles. The first-order chi connectivity index (χ1) is 16.7. The van der Waals surface area contributed by atoms with E-state index in [4.69, 9.17) is 25.8 Å². The van der Waals surface area contributed by atoms with Crippen molar-refractivity contribution in [2.75, 3.05) is 32.2 Å². The molecule has 10 heteroatoms. The Morgan fingerprint density at radius 3 is 2.23 bits per heavy atom. The van der Waals surface area contributed by atoms with Crippen molar-refractivity contribution in [1.82, 2.24) is 5.32 Å². The summed E-state index contributed by atoms with van der Waals surface area (Å²) in [6, 6.07) is 17.1. The number of hydrogen-bond acceptors (Lipinski definition) is 6. The van der Waals surface area contributed by atoms with Crippen LogP contribution in [-0.4, -0.2) is 42.2 Å². The van der Waals surface area contributed by atoms with Gasteiger partial charge in [0.1, 0.15) is 12.3 Å². The molecule has 0 unspecified atom stereocenters. The van der Waals surface area contributed by atoms with Gasteiger partial charge in [0.05, 0.1) is 38.0 Å².